The Morgan fingerprint density at radius 3 is 2.58 bits per heavy atom. The number of nitrogens with zero attached hydrogens (tertiary/aromatic N) is 1. The Kier molecular flexibility index (Phi) is 3.87. The molecule has 0 saturated heterocycles. The van der Waals surface area contributed by atoms with Crippen molar-refractivity contribution in [2.24, 2.45) is 5.73 Å². The minimum absolute atomic E-state index is 0.249. The molecule has 3 aromatic rings. The fraction of sp³-hybridized carbons (Fsp3) is 0.286. The molecule has 2 N–H and O–H groups in total. The van der Waals surface area contributed by atoms with Gasteiger partial charge in [0.25, 0.3) is 0 Å². The van der Waals surface area contributed by atoms with Gasteiger partial charge in [0.05, 0.1) is 5.52 Å². The van der Waals surface area contributed by atoms with E-state index in [1.165, 1.54) is 4.57 Å². The monoisotopic (exact) mass is 350 g/mol. The Morgan fingerprint density at radius 1 is 1.12 bits per heavy atom. The number of ether oxygens (including phenoxy) is 2. The van der Waals surface area contributed by atoms with E-state index in [-0.39, 0.29) is 12.2 Å². The molecule has 2 aromatic carbocycles. The molecular formula is C21H22N2O3. The minimum Gasteiger partial charge on any atom is -0.454 e. The Labute approximate surface area is 152 Å². The fourth-order valence-corrected chi connectivity index (χ4v) is 4.13. The van der Waals surface area contributed by atoms with Gasteiger partial charge in [-0.15, -0.1) is 0 Å². The number of primary amides is 1. The lowest BCUT2D eigenvalue weighted by Gasteiger charge is -2.32. The third-order valence-electron chi connectivity index (χ3n) is 5.60. The largest absolute Gasteiger partial charge is 0.454 e. The fourth-order valence-electron chi connectivity index (χ4n) is 4.13. The van der Waals surface area contributed by atoms with Crippen LogP contribution >= 0.6 is 0 Å². The van der Waals surface area contributed by atoms with Gasteiger partial charge in [0, 0.05) is 17.0 Å². The van der Waals surface area contributed by atoms with Crippen LogP contribution in [0.4, 0.5) is 4.79 Å². The Bertz CT molecular complexity index is 986. The third kappa shape index (κ3) is 2.27. The Hall–Kier alpha value is -2.95. The molecule has 1 aliphatic rings. The van der Waals surface area contributed by atoms with Crippen LogP contribution in [-0.4, -0.2) is 17.4 Å². The van der Waals surface area contributed by atoms with Crippen LogP contribution in [0.15, 0.2) is 48.7 Å². The summed E-state index contributed by atoms with van der Waals surface area (Å²) in [5.74, 6) is 1.54. The second-order valence-corrected chi connectivity index (χ2v) is 6.63. The number of hydrogen-bond donors (Lipinski definition) is 1. The summed E-state index contributed by atoms with van der Waals surface area (Å²) in [5.41, 5.74) is 8.46. The van der Waals surface area contributed by atoms with Gasteiger partial charge >= 0.3 is 6.03 Å². The number of fused-ring (bicyclic) bond motifs is 2. The molecule has 2 heterocycles. The molecule has 0 fully saturated rings. The van der Waals surface area contributed by atoms with Crippen LogP contribution in [-0.2, 0) is 5.41 Å². The lowest BCUT2D eigenvalue weighted by Crippen LogP contribution is -2.26. The normalized spacial score (nSPS) is 13.3. The van der Waals surface area contributed by atoms with Crippen molar-refractivity contribution in [1.29, 1.82) is 0 Å². The van der Waals surface area contributed by atoms with E-state index in [2.05, 4.69) is 32.0 Å². The summed E-state index contributed by atoms with van der Waals surface area (Å²) in [4.78, 5) is 12.0. The van der Waals surface area contributed by atoms with Crippen LogP contribution < -0.4 is 15.2 Å². The van der Waals surface area contributed by atoms with Crippen molar-refractivity contribution in [3.63, 3.8) is 0 Å². The van der Waals surface area contributed by atoms with Crippen LogP contribution in [0.2, 0.25) is 0 Å². The van der Waals surface area contributed by atoms with Gasteiger partial charge in [0.15, 0.2) is 11.5 Å². The van der Waals surface area contributed by atoms with Crippen LogP contribution in [0.25, 0.3) is 10.9 Å². The summed E-state index contributed by atoms with van der Waals surface area (Å²) < 4.78 is 12.6. The number of aromatic nitrogens is 1. The van der Waals surface area contributed by atoms with Crippen LogP contribution in [0, 0.1) is 0 Å². The highest BCUT2D eigenvalue weighted by Gasteiger charge is 2.35. The lowest BCUT2D eigenvalue weighted by atomic mass is 9.70. The first kappa shape index (κ1) is 16.5. The van der Waals surface area contributed by atoms with Gasteiger partial charge in [-0.05, 0) is 42.2 Å². The van der Waals surface area contributed by atoms with Gasteiger partial charge in [-0.3, -0.25) is 4.57 Å². The summed E-state index contributed by atoms with van der Waals surface area (Å²) in [6, 6.07) is 13.5. The molecule has 5 nitrogen and oxygen atoms in total. The maximum atomic E-state index is 12.0. The highest BCUT2D eigenvalue weighted by atomic mass is 16.7. The topological polar surface area (TPSA) is 66.5 Å². The number of carbonyl (C=O) groups excluding carboxylic acids is 1. The molecule has 0 unspecified atom stereocenters. The Morgan fingerprint density at radius 2 is 1.85 bits per heavy atom. The van der Waals surface area contributed by atoms with Crippen molar-refractivity contribution in [3.8, 4) is 11.5 Å². The van der Waals surface area contributed by atoms with Crippen molar-refractivity contribution < 1.29 is 14.3 Å². The second-order valence-electron chi connectivity index (χ2n) is 6.63. The summed E-state index contributed by atoms with van der Waals surface area (Å²) in [6.07, 6.45) is 3.66. The number of carbonyl (C=O) groups is 1. The van der Waals surface area contributed by atoms with Gasteiger partial charge in [0.1, 0.15) is 0 Å². The molecule has 134 valence electrons. The van der Waals surface area contributed by atoms with Crippen LogP contribution in [0.1, 0.15) is 37.8 Å². The number of hydrogen-bond acceptors (Lipinski definition) is 3. The first-order chi connectivity index (χ1) is 12.6. The second kappa shape index (κ2) is 6.09. The van der Waals surface area contributed by atoms with E-state index < -0.39 is 6.03 Å². The molecule has 0 radical (unpaired) electrons. The molecule has 1 aromatic heterocycles. The van der Waals surface area contributed by atoms with Crippen molar-refractivity contribution in [2.45, 2.75) is 32.1 Å². The van der Waals surface area contributed by atoms with Gasteiger partial charge in [0.2, 0.25) is 6.79 Å². The number of para-hydroxylation sites is 1. The van der Waals surface area contributed by atoms with Gasteiger partial charge in [-0.25, -0.2) is 4.79 Å². The van der Waals surface area contributed by atoms with Gasteiger partial charge in [-0.1, -0.05) is 38.1 Å². The van der Waals surface area contributed by atoms with E-state index in [0.29, 0.717) is 0 Å². The predicted octanol–water partition coefficient (Wildman–Crippen LogP) is 4.40. The SMILES string of the molecule is CCC(CC)(c1ccc2c(c1)OCO2)c1cn(C(N)=O)c2ccccc12. The highest BCUT2D eigenvalue weighted by molar-refractivity contribution is 5.94. The van der Waals surface area contributed by atoms with Crippen LogP contribution in [0.3, 0.4) is 0 Å². The average Bonchev–Trinajstić information content (AvgIpc) is 3.28. The summed E-state index contributed by atoms with van der Waals surface area (Å²) in [6.45, 7) is 4.60. The van der Waals surface area contributed by atoms with E-state index in [9.17, 15) is 4.79 Å². The smallest absolute Gasteiger partial charge is 0.323 e. The number of rotatable bonds is 4. The van der Waals surface area contributed by atoms with Crippen molar-refractivity contribution in [1.82, 2.24) is 4.57 Å². The van der Waals surface area contributed by atoms with Crippen LogP contribution in [0.5, 0.6) is 11.5 Å². The first-order valence-corrected chi connectivity index (χ1v) is 8.91. The number of benzene rings is 2. The number of nitrogens with two attached hydrogens (primary N) is 1. The molecule has 5 heteroatoms. The van der Waals surface area contributed by atoms with Crippen molar-refractivity contribution in [3.05, 3.63) is 59.8 Å². The maximum Gasteiger partial charge on any atom is 0.323 e. The maximum absolute atomic E-state index is 12.0. The zero-order valence-electron chi connectivity index (χ0n) is 15.0. The molecule has 4 rings (SSSR count). The summed E-state index contributed by atoms with van der Waals surface area (Å²) >= 11 is 0. The molecule has 26 heavy (non-hydrogen) atoms. The molecule has 0 bridgehead atoms. The molecule has 0 aliphatic carbocycles. The van der Waals surface area contributed by atoms with E-state index >= 15 is 0 Å². The number of amides is 1. The van der Waals surface area contributed by atoms with Gasteiger partial charge < -0.3 is 15.2 Å². The first-order valence-electron chi connectivity index (χ1n) is 8.91. The van der Waals surface area contributed by atoms with E-state index in [1.54, 1.807) is 0 Å². The van der Waals surface area contributed by atoms with Gasteiger partial charge in [-0.2, -0.15) is 0 Å². The quantitative estimate of drug-likeness (QED) is 0.758. The molecule has 0 spiro atoms. The van der Waals surface area contributed by atoms with E-state index in [1.807, 2.05) is 30.5 Å². The summed E-state index contributed by atoms with van der Waals surface area (Å²) in [7, 11) is 0. The predicted molar refractivity (Wildman–Crippen MR) is 101 cm³/mol. The Balaban J connectivity index is 1.98. The van der Waals surface area contributed by atoms with Crippen molar-refractivity contribution in [2.75, 3.05) is 6.79 Å². The molecule has 0 saturated carbocycles. The highest BCUT2D eigenvalue weighted by Crippen LogP contribution is 2.45. The molecular weight excluding hydrogens is 328 g/mol. The van der Waals surface area contributed by atoms with E-state index in [4.69, 9.17) is 15.2 Å². The zero-order valence-corrected chi connectivity index (χ0v) is 15.0. The lowest BCUT2D eigenvalue weighted by molar-refractivity contribution is 0.174. The van der Waals surface area contributed by atoms with Crippen molar-refractivity contribution >= 4 is 16.9 Å². The standard InChI is InChI=1S/C21H22N2O3/c1-3-21(4-2,14-9-10-18-19(11-14)26-13-25-18)16-12-23(20(22)24)17-8-6-5-7-15(16)17/h5-12H,3-4,13H2,1-2H3,(H2,22,24). The third-order valence-corrected chi connectivity index (χ3v) is 5.60. The molecule has 1 amide bonds. The molecule has 1 aliphatic heterocycles. The minimum atomic E-state index is -0.473. The van der Waals surface area contributed by atoms with E-state index in [0.717, 1.165) is 46.4 Å². The summed E-state index contributed by atoms with van der Waals surface area (Å²) in [5, 5.41) is 1.05. The average molecular weight is 350 g/mol. The molecule has 0 atom stereocenters. The zero-order chi connectivity index (χ0) is 18.3.